The van der Waals surface area contributed by atoms with Crippen LogP contribution in [0.3, 0.4) is 0 Å². The molecule has 120 valence electrons. The topological polar surface area (TPSA) is 46.3 Å². The fourth-order valence-electron chi connectivity index (χ4n) is 2.16. The van der Waals surface area contributed by atoms with Crippen LogP contribution in [0.5, 0.6) is 0 Å². The molecule has 3 nitrogen and oxygen atoms in total. The van der Waals surface area contributed by atoms with E-state index in [1.54, 1.807) is 0 Å². The summed E-state index contributed by atoms with van der Waals surface area (Å²) in [5, 5.41) is 0.716. The first-order valence-corrected chi connectivity index (χ1v) is 7.77. The lowest BCUT2D eigenvalue weighted by atomic mass is 10.1. The lowest BCUT2D eigenvalue weighted by Crippen LogP contribution is -2.30. The summed E-state index contributed by atoms with van der Waals surface area (Å²) < 4.78 is 0. The Hall–Kier alpha value is -0.770. The molecule has 0 bridgehead atoms. The van der Waals surface area contributed by atoms with Crippen molar-refractivity contribution in [3.63, 3.8) is 0 Å². The minimum absolute atomic E-state index is 0. The first-order chi connectivity index (χ1) is 9.67. The molecule has 5 heteroatoms. The van der Waals surface area contributed by atoms with E-state index in [9.17, 15) is 4.79 Å². The summed E-state index contributed by atoms with van der Waals surface area (Å²) in [6.07, 6.45) is 4.82. The van der Waals surface area contributed by atoms with Gasteiger partial charge in [-0.05, 0) is 44.0 Å². The summed E-state index contributed by atoms with van der Waals surface area (Å²) in [6, 6.07) is 7.69. The van der Waals surface area contributed by atoms with E-state index in [0.29, 0.717) is 18.0 Å². The van der Waals surface area contributed by atoms with Crippen molar-refractivity contribution in [2.45, 2.75) is 45.6 Å². The molecule has 1 aromatic carbocycles. The van der Waals surface area contributed by atoms with Crippen molar-refractivity contribution in [2.24, 2.45) is 5.73 Å². The molecule has 1 rings (SSSR count). The number of carbonyl (C=O) groups excluding carboxylic acids is 1. The van der Waals surface area contributed by atoms with Gasteiger partial charge in [-0.15, -0.1) is 12.4 Å². The highest BCUT2D eigenvalue weighted by Gasteiger charge is 2.11. The number of nitrogens with two attached hydrogens (primary N) is 1. The SMILES string of the molecule is CCN(Cc1cccc(Cl)c1)C(=O)CCCCCCN.Cl. The van der Waals surface area contributed by atoms with E-state index in [-0.39, 0.29) is 18.3 Å². The van der Waals surface area contributed by atoms with E-state index >= 15 is 0 Å². The number of hydrogen-bond donors (Lipinski definition) is 1. The van der Waals surface area contributed by atoms with Crippen LogP contribution in [0.2, 0.25) is 5.02 Å². The lowest BCUT2D eigenvalue weighted by Gasteiger charge is -2.21. The zero-order chi connectivity index (χ0) is 14.8. The van der Waals surface area contributed by atoms with Crippen LogP contribution in [0, 0.1) is 0 Å². The Kier molecular flexibility index (Phi) is 11.4. The molecule has 1 aromatic rings. The van der Waals surface area contributed by atoms with E-state index in [1.807, 2.05) is 36.1 Å². The molecular formula is C16H26Cl2N2O. The molecule has 0 unspecified atom stereocenters. The molecule has 0 saturated carbocycles. The third-order valence-corrected chi connectivity index (χ3v) is 3.58. The Morgan fingerprint density at radius 1 is 1.24 bits per heavy atom. The van der Waals surface area contributed by atoms with Crippen molar-refractivity contribution in [3.05, 3.63) is 34.9 Å². The van der Waals surface area contributed by atoms with E-state index in [4.69, 9.17) is 17.3 Å². The van der Waals surface area contributed by atoms with Crippen molar-refractivity contribution in [3.8, 4) is 0 Å². The van der Waals surface area contributed by atoms with Crippen LogP contribution in [0.1, 0.15) is 44.6 Å². The van der Waals surface area contributed by atoms with E-state index in [1.165, 1.54) is 0 Å². The van der Waals surface area contributed by atoms with Gasteiger partial charge >= 0.3 is 0 Å². The van der Waals surface area contributed by atoms with Gasteiger partial charge in [0.1, 0.15) is 0 Å². The average molecular weight is 333 g/mol. The molecule has 2 N–H and O–H groups in total. The predicted octanol–water partition coefficient (Wildman–Crippen LogP) is 4.02. The zero-order valence-electron chi connectivity index (χ0n) is 12.7. The van der Waals surface area contributed by atoms with Gasteiger partial charge < -0.3 is 10.6 Å². The highest BCUT2D eigenvalue weighted by atomic mass is 35.5. The van der Waals surface area contributed by atoms with E-state index < -0.39 is 0 Å². The molecular weight excluding hydrogens is 307 g/mol. The molecule has 0 atom stereocenters. The van der Waals surface area contributed by atoms with Crippen molar-refractivity contribution in [1.29, 1.82) is 0 Å². The van der Waals surface area contributed by atoms with Gasteiger partial charge in [0.05, 0.1) is 0 Å². The first-order valence-electron chi connectivity index (χ1n) is 7.39. The quantitative estimate of drug-likeness (QED) is 0.694. The Labute approximate surface area is 139 Å². The van der Waals surface area contributed by atoms with Crippen LogP contribution in [0.25, 0.3) is 0 Å². The molecule has 0 heterocycles. The Bertz CT molecular complexity index is 413. The summed E-state index contributed by atoms with van der Waals surface area (Å²) >= 11 is 5.97. The monoisotopic (exact) mass is 332 g/mol. The van der Waals surface area contributed by atoms with Gasteiger partial charge in [-0.3, -0.25) is 4.79 Å². The number of amides is 1. The second kappa shape index (κ2) is 11.8. The van der Waals surface area contributed by atoms with Crippen LogP contribution >= 0.6 is 24.0 Å². The average Bonchev–Trinajstić information content (AvgIpc) is 2.44. The second-order valence-electron chi connectivity index (χ2n) is 4.99. The van der Waals surface area contributed by atoms with Crippen LogP contribution in [0.4, 0.5) is 0 Å². The molecule has 0 aliphatic heterocycles. The second-order valence-corrected chi connectivity index (χ2v) is 5.43. The number of benzene rings is 1. The molecule has 1 amide bonds. The normalized spacial score (nSPS) is 10.0. The predicted molar refractivity (Wildman–Crippen MR) is 91.9 cm³/mol. The van der Waals surface area contributed by atoms with Crippen molar-refractivity contribution < 1.29 is 4.79 Å². The summed E-state index contributed by atoms with van der Waals surface area (Å²) in [5.74, 6) is 0.222. The van der Waals surface area contributed by atoms with Crippen LogP contribution in [0.15, 0.2) is 24.3 Å². The Morgan fingerprint density at radius 2 is 1.95 bits per heavy atom. The van der Waals surface area contributed by atoms with Crippen LogP contribution in [-0.2, 0) is 11.3 Å². The molecule has 0 spiro atoms. The van der Waals surface area contributed by atoms with Crippen molar-refractivity contribution >= 4 is 29.9 Å². The summed E-state index contributed by atoms with van der Waals surface area (Å²) in [7, 11) is 0. The van der Waals surface area contributed by atoms with Gasteiger partial charge in [0.2, 0.25) is 5.91 Å². The number of unbranched alkanes of at least 4 members (excludes halogenated alkanes) is 3. The summed E-state index contributed by atoms with van der Waals surface area (Å²) in [6.45, 7) is 4.12. The van der Waals surface area contributed by atoms with Gasteiger partial charge in [-0.1, -0.05) is 36.6 Å². The van der Waals surface area contributed by atoms with Crippen LogP contribution < -0.4 is 5.73 Å². The number of halogens is 2. The molecule has 0 aliphatic rings. The summed E-state index contributed by atoms with van der Waals surface area (Å²) in [4.78, 5) is 14.0. The molecule has 0 radical (unpaired) electrons. The van der Waals surface area contributed by atoms with Crippen molar-refractivity contribution in [2.75, 3.05) is 13.1 Å². The summed E-state index contributed by atoms with van der Waals surface area (Å²) in [5.41, 5.74) is 6.53. The van der Waals surface area contributed by atoms with E-state index in [2.05, 4.69) is 0 Å². The first kappa shape index (κ1) is 20.2. The van der Waals surface area contributed by atoms with Gasteiger partial charge in [0.25, 0.3) is 0 Å². The largest absolute Gasteiger partial charge is 0.339 e. The highest BCUT2D eigenvalue weighted by Crippen LogP contribution is 2.14. The number of carbonyl (C=O) groups is 1. The number of hydrogen-bond acceptors (Lipinski definition) is 2. The van der Waals surface area contributed by atoms with Gasteiger partial charge in [-0.2, -0.15) is 0 Å². The Morgan fingerprint density at radius 3 is 2.57 bits per heavy atom. The third-order valence-electron chi connectivity index (χ3n) is 3.34. The maximum Gasteiger partial charge on any atom is 0.222 e. The molecule has 21 heavy (non-hydrogen) atoms. The van der Waals surface area contributed by atoms with Crippen molar-refractivity contribution in [1.82, 2.24) is 4.90 Å². The van der Waals surface area contributed by atoms with Gasteiger partial charge in [0, 0.05) is 24.5 Å². The minimum atomic E-state index is 0. The minimum Gasteiger partial charge on any atom is -0.339 e. The maximum atomic E-state index is 12.2. The maximum absolute atomic E-state index is 12.2. The lowest BCUT2D eigenvalue weighted by molar-refractivity contribution is -0.131. The molecule has 0 saturated heterocycles. The zero-order valence-corrected chi connectivity index (χ0v) is 14.3. The Balaban J connectivity index is 0.00000400. The molecule has 0 aromatic heterocycles. The number of rotatable bonds is 9. The van der Waals surface area contributed by atoms with Crippen LogP contribution in [-0.4, -0.2) is 23.9 Å². The van der Waals surface area contributed by atoms with Gasteiger partial charge in [-0.25, -0.2) is 0 Å². The van der Waals surface area contributed by atoms with Gasteiger partial charge in [0.15, 0.2) is 0 Å². The molecule has 0 aliphatic carbocycles. The van der Waals surface area contributed by atoms with E-state index in [0.717, 1.165) is 44.3 Å². The standard InChI is InChI=1S/C16H25ClN2O.ClH/c1-2-19(13-14-8-7-9-15(17)12-14)16(20)10-5-3-4-6-11-18;/h7-9,12H,2-6,10-11,13,18H2,1H3;1H. The fourth-order valence-corrected chi connectivity index (χ4v) is 2.38. The fraction of sp³-hybridized carbons (Fsp3) is 0.562. The third kappa shape index (κ3) is 8.30. The number of nitrogens with zero attached hydrogens (tertiary/aromatic N) is 1. The highest BCUT2D eigenvalue weighted by molar-refractivity contribution is 6.30. The molecule has 0 fully saturated rings. The smallest absolute Gasteiger partial charge is 0.222 e.